The molecule has 162 valence electrons. The zero-order valence-corrected chi connectivity index (χ0v) is 16.8. The fourth-order valence-corrected chi connectivity index (χ4v) is 2.70. The van der Waals surface area contributed by atoms with E-state index in [1.165, 1.54) is 17.2 Å². The number of ether oxygens (including phenoxy) is 1. The molecular formula is C21H20F3N5O2. The lowest BCUT2D eigenvalue weighted by molar-refractivity contribution is 0.206. The van der Waals surface area contributed by atoms with Gasteiger partial charge in [-0.15, -0.1) is 0 Å². The van der Waals surface area contributed by atoms with Crippen molar-refractivity contribution in [3.05, 3.63) is 72.2 Å². The van der Waals surface area contributed by atoms with Crippen molar-refractivity contribution in [1.29, 1.82) is 0 Å². The first-order valence-corrected chi connectivity index (χ1v) is 9.25. The van der Waals surface area contributed by atoms with E-state index < -0.39 is 29.2 Å². The van der Waals surface area contributed by atoms with Crippen molar-refractivity contribution in [1.82, 2.24) is 9.97 Å². The highest BCUT2D eigenvalue weighted by Gasteiger charge is 2.23. The number of carbonyl (C=O) groups is 1. The van der Waals surface area contributed by atoms with Crippen LogP contribution >= 0.6 is 0 Å². The number of rotatable bonds is 7. The molecule has 1 N–H and O–H groups in total. The minimum Gasteiger partial charge on any atom is -0.383 e. The van der Waals surface area contributed by atoms with Crippen molar-refractivity contribution >= 4 is 29.2 Å². The number of hydrogen-bond donors (Lipinski definition) is 1. The monoisotopic (exact) mass is 431 g/mol. The number of urea groups is 1. The van der Waals surface area contributed by atoms with Gasteiger partial charge in [-0.3, -0.25) is 0 Å². The fraction of sp³-hybridized carbons (Fsp3) is 0.190. The van der Waals surface area contributed by atoms with E-state index in [-0.39, 0.29) is 5.82 Å². The maximum atomic E-state index is 14.1. The first-order chi connectivity index (χ1) is 14.9. The van der Waals surface area contributed by atoms with Crippen molar-refractivity contribution in [2.75, 3.05) is 42.4 Å². The number of para-hydroxylation sites is 1. The van der Waals surface area contributed by atoms with Crippen LogP contribution < -0.4 is 15.1 Å². The molecule has 0 aliphatic heterocycles. The second-order valence-corrected chi connectivity index (χ2v) is 6.45. The summed E-state index contributed by atoms with van der Waals surface area (Å²) in [5.41, 5.74) is -0.0801. The van der Waals surface area contributed by atoms with Crippen LogP contribution in [0.25, 0.3) is 0 Å². The lowest BCUT2D eigenvalue weighted by Crippen LogP contribution is -2.32. The molecule has 0 aliphatic carbocycles. The predicted molar refractivity (Wildman–Crippen MR) is 111 cm³/mol. The normalized spacial score (nSPS) is 10.6. The van der Waals surface area contributed by atoms with Crippen molar-refractivity contribution in [2.24, 2.45) is 0 Å². The second kappa shape index (κ2) is 9.90. The summed E-state index contributed by atoms with van der Waals surface area (Å²) in [6.07, 6.45) is 1.47. The number of anilines is 4. The zero-order valence-electron chi connectivity index (χ0n) is 16.8. The Bertz CT molecular complexity index is 1050. The maximum absolute atomic E-state index is 14.1. The Kier molecular flexibility index (Phi) is 7.03. The Morgan fingerprint density at radius 1 is 1.06 bits per heavy atom. The highest BCUT2D eigenvalue weighted by atomic mass is 19.2. The molecule has 2 amide bonds. The van der Waals surface area contributed by atoms with Crippen molar-refractivity contribution in [2.45, 2.75) is 0 Å². The minimum absolute atomic E-state index is 0.195. The summed E-state index contributed by atoms with van der Waals surface area (Å²) in [4.78, 5) is 24.6. The maximum Gasteiger partial charge on any atom is 0.332 e. The quantitative estimate of drug-likeness (QED) is 0.564. The Labute approximate surface area is 177 Å². The van der Waals surface area contributed by atoms with Crippen molar-refractivity contribution in [3.8, 4) is 0 Å². The molecule has 2 aromatic carbocycles. The molecule has 1 aromatic heterocycles. The smallest absolute Gasteiger partial charge is 0.332 e. The first kappa shape index (κ1) is 22.0. The number of hydrogen-bond acceptors (Lipinski definition) is 5. The molecular weight excluding hydrogens is 411 g/mol. The van der Waals surface area contributed by atoms with Gasteiger partial charge in [-0.05, 0) is 24.3 Å². The largest absolute Gasteiger partial charge is 0.383 e. The third kappa shape index (κ3) is 5.10. The molecule has 10 heteroatoms. The zero-order chi connectivity index (χ0) is 22.4. The summed E-state index contributed by atoms with van der Waals surface area (Å²) >= 11 is 0. The van der Waals surface area contributed by atoms with Gasteiger partial charge in [0.2, 0.25) is 5.95 Å². The summed E-state index contributed by atoms with van der Waals surface area (Å²) in [6.45, 7) is 0.958. The van der Waals surface area contributed by atoms with E-state index in [4.69, 9.17) is 4.74 Å². The second-order valence-electron chi connectivity index (χ2n) is 6.45. The highest BCUT2D eigenvalue weighted by Crippen LogP contribution is 2.27. The average Bonchev–Trinajstić information content (AvgIpc) is 2.79. The predicted octanol–water partition coefficient (Wildman–Crippen LogP) is 4.35. The van der Waals surface area contributed by atoms with E-state index in [2.05, 4.69) is 15.3 Å². The molecule has 31 heavy (non-hydrogen) atoms. The molecule has 0 spiro atoms. The summed E-state index contributed by atoms with van der Waals surface area (Å²) < 4.78 is 45.9. The number of methoxy groups -OCH3 is 1. The summed E-state index contributed by atoms with van der Waals surface area (Å²) in [6, 6.07) is 10.8. The molecule has 0 unspecified atom stereocenters. The van der Waals surface area contributed by atoms with Crippen LogP contribution in [0.3, 0.4) is 0 Å². The van der Waals surface area contributed by atoms with E-state index in [9.17, 15) is 18.0 Å². The van der Waals surface area contributed by atoms with Crippen molar-refractivity contribution in [3.63, 3.8) is 0 Å². The van der Waals surface area contributed by atoms with Gasteiger partial charge in [0.25, 0.3) is 0 Å². The van der Waals surface area contributed by atoms with Crippen LogP contribution in [0.2, 0.25) is 0 Å². The number of nitrogens with one attached hydrogen (secondary N) is 1. The van der Waals surface area contributed by atoms with Crippen LogP contribution in [-0.4, -0.2) is 43.3 Å². The molecule has 0 aliphatic rings. The standard InChI is InChI=1S/C21H20F3N5O2/c1-28(12-13-31-2)20-25-11-10-17(27-20)29(14-6-4-3-5-7-14)21(30)26-16-9-8-15(22)18(23)19(16)24/h3-11H,12-13H2,1-2H3,(H,26,30). The van der Waals surface area contributed by atoms with Gasteiger partial charge in [-0.2, -0.15) is 4.98 Å². The Morgan fingerprint density at radius 2 is 1.81 bits per heavy atom. The number of halogens is 3. The molecule has 0 saturated heterocycles. The number of likely N-dealkylation sites (N-methyl/N-ethyl adjacent to an activating group) is 1. The molecule has 0 radical (unpaired) electrons. The van der Waals surface area contributed by atoms with E-state index in [1.807, 2.05) is 0 Å². The van der Waals surface area contributed by atoms with Crippen LogP contribution in [0.4, 0.5) is 41.1 Å². The topological polar surface area (TPSA) is 70.6 Å². The Morgan fingerprint density at radius 3 is 2.52 bits per heavy atom. The fourth-order valence-electron chi connectivity index (χ4n) is 2.70. The number of amides is 2. The highest BCUT2D eigenvalue weighted by molar-refractivity contribution is 6.06. The van der Waals surface area contributed by atoms with Crippen LogP contribution in [0.5, 0.6) is 0 Å². The van der Waals surface area contributed by atoms with Gasteiger partial charge in [-0.25, -0.2) is 27.8 Å². The van der Waals surface area contributed by atoms with E-state index in [0.29, 0.717) is 24.8 Å². The Hall–Kier alpha value is -3.66. The van der Waals surface area contributed by atoms with Crippen molar-refractivity contribution < 1.29 is 22.7 Å². The van der Waals surface area contributed by atoms with E-state index >= 15 is 0 Å². The SMILES string of the molecule is COCCN(C)c1nccc(N(C(=O)Nc2ccc(F)c(F)c2F)c2ccccc2)n1. The lowest BCUT2D eigenvalue weighted by atomic mass is 10.2. The molecule has 0 bridgehead atoms. The number of aromatic nitrogens is 2. The van der Waals surface area contributed by atoms with Gasteiger partial charge in [-0.1, -0.05) is 18.2 Å². The molecule has 0 fully saturated rings. The molecule has 7 nitrogen and oxygen atoms in total. The molecule has 0 atom stereocenters. The average molecular weight is 431 g/mol. The van der Waals surface area contributed by atoms with Gasteiger partial charge in [0.15, 0.2) is 17.5 Å². The third-order valence-electron chi connectivity index (χ3n) is 4.32. The van der Waals surface area contributed by atoms with Crippen LogP contribution in [-0.2, 0) is 4.74 Å². The van der Waals surface area contributed by atoms with Crippen LogP contribution in [0.15, 0.2) is 54.7 Å². The number of benzene rings is 2. The van der Waals surface area contributed by atoms with Gasteiger partial charge in [0.1, 0.15) is 5.82 Å². The summed E-state index contributed by atoms with van der Waals surface area (Å²) in [5, 5.41) is 2.27. The summed E-state index contributed by atoms with van der Waals surface area (Å²) in [7, 11) is 3.34. The summed E-state index contributed by atoms with van der Waals surface area (Å²) in [5.74, 6) is -3.99. The third-order valence-corrected chi connectivity index (χ3v) is 4.32. The first-order valence-electron chi connectivity index (χ1n) is 9.25. The van der Waals surface area contributed by atoms with E-state index in [0.717, 1.165) is 12.1 Å². The Balaban J connectivity index is 1.97. The lowest BCUT2D eigenvalue weighted by Gasteiger charge is -2.24. The van der Waals surface area contributed by atoms with Crippen LogP contribution in [0.1, 0.15) is 0 Å². The minimum atomic E-state index is -1.67. The van der Waals surface area contributed by atoms with E-state index in [1.54, 1.807) is 49.4 Å². The van der Waals surface area contributed by atoms with Gasteiger partial charge < -0.3 is 15.0 Å². The number of carbonyl (C=O) groups excluding carboxylic acids is 1. The number of nitrogens with zero attached hydrogens (tertiary/aromatic N) is 4. The molecule has 1 heterocycles. The molecule has 0 saturated carbocycles. The van der Waals surface area contributed by atoms with Gasteiger partial charge in [0.05, 0.1) is 18.0 Å². The molecule has 3 aromatic rings. The van der Waals surface area contributed by atoms with Gasteiger partial charge in [0, 0.05) is 33.0 Å². The van der Waals surface area contributed by atoms with Crippen LogP contribution in [0, 0.1) is 17.5 Å². The van der Waals surface area contributed by atoms with Gasteiger partial charge >= 0.3 is 6.03 Å². The molecule has 3 rings (SSSR count).